The number of hydrogen-bond acceptors (Lipinski definition) is 5. The highest BCUT2D eigenvalue weighted by Gasteiger charge is 2.38. The summed E-state index contributed by atoms with van der Waals surface area (Å²) in [5.74, 6) is -2.52. The van der Waals surface area contributed by atoms with Crippen molar-refractivity contribution in [3.63, 3.8) is 0 Å². The van der Waals surface area contributed by atoms with Gasteiger partial charge in [-0.1, -0.05) is 74.5 Å². The van der Waals surface area contributed by atoms with Crippen molar-refractivity contribution in [2.45, 2.75) is 57.8 Å². The Labute approximate surface area is 210 Å². The SMILES string of the molecule is CC(C)[C@H](NC(=O)[C@@H]1CCCN1C(=O)OCc1ccccc1)C(=O)N[C@@H](Cc1ccccc1)C(=O)O. The van der Waals surface area contributed by atoms with Gasteiger partial charge in [-0.25, -0.2) is 9.59 Å². The maximum absolute atomic E-state index is 13.1. The molecular weight excluding hydrogens is 462 g/mol. The molecule has 2 aromatic carbocycles. The number of nitrogens with zero attached hydrogens (tertiary/aromatic N) is 1. The van der Waals surface area contributed by atoms with Crippen LogP contribution in [0.3, 0.4) is 0 Å². The zero-order valence-corrected chi connectivity index (χ0v) is 20.6. The molecule has 0 bridgehead atoms. The molecule has 0 spiro atoms. The molecule has 0 radical (unpaired) electrons. The number of aliphatic carboxylic acids is 1. The number of hydrogen-bond donors (Lipinski definition) is 3. The van der Waals surface area contributed by atoms with Gasteiger partial charge in [-0.2, -0.15) is 0 Å². The number of carbonyl (C=O) groups is 4. The zero-order valence-electron chi connectivity index (χ0n) is 20.6. The van der Waals surface area contributed by atoms with Gasteiger partial charge in [0.1, 0.15) is 24.7 Å². The second kappa shape index (κ2) is 12.7. The van der Waals surface area contributed by atoms with Crippen LogP contribution in [0.4, 0.5) is 4.79 Å². The first-order chi connectivity index (χ1) is 17.3. The summed E-state index contributed by atoms with van der Waals surface area (Å²) < 4.78 is 5.39. The summed E-state index contributed by atoms with van der Waals surface area (Å²) in [6.07, 6.45) is 0.611. The minimum absolute atomic E-state index is 0.0968. The highest BCUT2D eigenvalue weighted by atomic mass is 16.6. The van der Waals surface area contributed by atoms with Crippen LogP contribution in [0.2, 0.25) is 0 Å². The fraction of sp³-hybridized carbons (Fsp3) is 0.407. The Morgan fingerprint density at radius 1 is 0.972 bits per heavy atom. The zero-order chi connectivity index (χ0) is 26.1. The Hall–Kier alpha value is -3.88. The van der Waals surface area contributed by atoms with Gasteiger partial charge in [0.15, 0.2) is 0 Å². The van der Waals surface area contributed by atoms with Crippen LogP contribution in [0.15, 0.2) is 60.7 Å². The molecule has 3 amide bonds. The van der Waals surface area contributed by atoms with E-state index in [1.54, 1.807) is 38.1 Å². The lowest BCUT2D eigenvalue weighted by molar-refractivity contribution is -0.142. The lowest BCUT2D eigenvalue weighted by atomic mass is 10.0. The number of rotatable bonds is 10. The average molecular weight is 496 g/mol. The van der Waals surface area contributed by atoms with E-state index < -0.39 is 42.0 Å². The maximum atomic E-state index is 13.1. The fourth-order valence-electron chi connectivity index (χ4n) is 4.16. The van der Waals surface area contributed by atoms with Gasteiger partial charge in [0, 0.05) is 13.0 Å². The molecule has 3 N–H and O–H groups in total. The molecule has 3 rings (SSSR count). The highest BCUT2D eigenvalue weighted by molar-refractivity contribution is 5.93. The molecule has 3 atom stereocenters. The van der Waals surface area contributed by atoms with Crippen molar-refractivity contribution in [2.24, 2.45) is 5.92 Å². The van der Waals surface area contributed by atoms with Crippen LogP contribution in [0.5, 0.6) is 0 Å². The van der Waals surface area contributed by atoms with Crippen LogP contribution >= 0.6 is 0 Å². The predicted octanol–water partition coefficient (Wildman–Crippen LogP) is 2.74. The van der Waals surface area contributed by atoms with Crippen molar-refractivity contribution in [2.75, 3.05) is 6.54 Å². The van der Waals surface area contributed by atoms with E-state index in [-0.39, 0.29) is 18.9 Å². The first-order valence-electron chi connectivity index (χ1n) is 12.1. The molecule has 1 saturated heterocycles. The topological polar surface area (TPSA) is 125 Å². The van der Waals surface area contributed by atoms with E-state index in [1.165, 1.54) is 4.90 Å². The lowest BCUT2D eigenvalue weighted by Gasteiger charge is -2.28. The van der Waals surface area contributed by atoms with E-state index in [4.69, 9.17) is 4.74 Å². The number of likely N-dealkylation sites (tertiary alicyclic amines) is 1. The predicted molar refractivity (Wildman–Crippen MR) is 133 cm³/mol. The van der Waals surface area contributed by atoms with Crippen molar-refractivity contribution < 1.29 is 29.0 Å². The number of amides is 3. The van der Waals surface area contributed by atoms with Crippen molar-refractivity contribution >= 4 is 23.9 Å². The highest BCUT2D eigenvalue weighted by Crippen LogP contribution is 2.20. The number of carbonyl (C=O) groups excluding carboxylic acids is 3. The van der Waals surface area contributed by atoms with E-state index >= 15 is 0 Å². The number of nitrogens with one attached hydrogen (secondary N) is 2. The fourth-order valence-corrected chi connectivity index (χ4v) is 4.16. The Morgan fingerprint density at radius 3 is 2.17 bits per heavy atom. The van der Waals surface area contributed by atoms with Crippen molar-refractivity contribution in [1.82, 2.24) is 15.5 Å². The second-order valence-corrected chi connectivity index (χ2v) is 9.21. The molecule has 0 aliphatic carbocycles. The summed E-state index contributed by atoms with van der Waals surface area (Å²) in [7, 11) is 0. The molecule has 1 fully saturated rings. The van der Waals surface area contributed by atoms with E-state index in [0.717, 1.165) is 11.1 Å². The van der Waals surface area contributed by atoms with Gasteiger partial charge in [0.25, 0.3) is 0 Å². The molecule has 0 saturated carbocycles. The summed E-state index contributed by atoms with van der Waals surface area (Å²) in [6.45, 7) is 4.00. The van der Waals surface area contributed by atoms with Crippen LogP contribution < -0.4 is 10.6 Å². The minimum Gasteiger partial charge on any atom is -0.480 e. The molecule has 36 heavy (non-hydrogen) atoms. The summed E-state index contributed by atoms with van der Waals surface area (Å²) >= 11 is 0. The molecule has 1 heterocycles. The van der Waals surface area contributed by atoms with Gasteiger partial charge in [-0.05, 0) is 29.9 Å². The molecule has 9 heteroatoms. The number of ether oxygens (including phenoxy) is 1. The van der Waals surface area contributed by atoms with Crippen LogP contribution in [0.1, 0.15) is 37.8 Å². The lowest BCUT2D eigenvalue weighted by Crippen LogP contribution is -2.57. The number of benzene rings is 2. The largest absolute Gasteiger partial charge is 0.480 e. The minimum atomic E-state index is -1.16. The maximum Gasteiger partial charge on any atom is 0.410 e. The molecule has 1 aliphatic heterocycles. The van der Waals surface area contributed by atoms with E-state index in [9.17, 15) is 24.3 Å². The Balaban J connectivity index is 1.61. The normalized spacial score (nSPS) is 16.8. The molecular formula is C27H33N3O6. The molecule has 2 aromatic rings. The Kier molecular flexibility index (Phi) is 9.44. The van der Waals surface area contributed by atoms with Gasteiger partial charge in [-0.3, -0.25) is 14.5 Å². The summed E-state index contributed by atoms with van der Waals surface area (Å²) in [5, 5.41) is 14.9. The molecule has 9 nitrogen and oxygen atoms in total. The van der Waals surface area contributed by atoms with Crippen molar-refractivity contribution in [3.05, 3.63) is 71.8 Å². The van der Waals surface area contributed by atoms with Crippen molar-refractivity contribution in [1.29, 1.82) is 0 Å². The van der Waals surface area contributed by atoms with Crippen LogP contribution in [0.25, 0.3) is 0 Å². The van der Waals surface area contributed by atoms with Gasteiger partial charge >= 0.3 is 12.1 Å². The molecule has 0 aromatic heterocycles. The van der Waals surface area contributed by atoms with Gasteiger partial charge in [0.2, 0.25) is 11.8 Å². The Bertz CT molecular complexity index is 1040. The standard InChI is InChI=1S/C27H33N3O6/c1-18(2)23(25(32)28-21(26(33)34)16-19-10-5-3-6-11-19)29-24(31)22-14-9-15-30(22)27(35)36-17-20-12-7-4-8-13-20/h3-8,10-13,18,21-23H,9,14-17H2,1-2H3,(H,28,32)(H,29,31)(H,33,34)/t21-,22-,23-/m0/s1. The third kappa shape index (κ3) is 7.31. The number of carboxylic acids is 1. The van der Waals surface area contributed by atoms with E-state index in [1.807, 2.05) is 36.4 Å². The smallest absolute Gasteiger partial charge is 0.410 e. The molecule has 0 unspecified atom stereocenters. The van der Waals surface area contributed by atoms with Crippen molar-refractivity contribution in [3.8, 4) is 0 Å². The third-order valence-corrected chi connectivity index (χ3v) is 6.14. The van der Waals surface area contributed by atoms with Gasteiger partial charge in [-0.15, -0.1) is 0 Å². The van der Waals surface area contributed by atoms with Crippen LogP contribution in [0, 0.1) is 5.92 Å². The molecule has 192 valence electrons. The first-order valence-corrected chi connectivity index (χ1v) is 12.1. The van der Waals surface area contributed by atoms with E-state index in [2.05, 4.69) is 10.6 Å². The molecule has 1 aliphatic rings. The monoisotopic (exact) mass is 495 g/mol. The third-order valence-electron chi connectivity index (χ3n) is 6.14. The average Bonchev–Trinajstić information content (AvgIpc) is 3.36. The van der Waals surface area contributed by atoms with Gasteiger partial charge in [0.05, 0.1) is 0 Å². The summed E-state index contributed by atoms with van der Waals surface area (Å²) in [4.78, 5) is 52.0. The summed E-state index contributed by atoms with van der Waals surface area (Å²) in [5.41, 5.74) is 1.61. The summed E-state index contributed by atoms with van der Waals surface area (Å²) in [6, 6.07) is 15.4. The van der Waals surface area contributed by atoms with Crippen LogP contribution in [-0.4, -0.2) is 58.6 Å². The van der Waals surface area contributed by atoms with Crippen LogP contribution in [-0.2, 0) is 32.1 Å². The second-order valence-electron chi connectivity index (χ2n) is 9.21. The quantitative estimate of drug-likeness (QED) is 0.466. The Morgan fingerprint density at radius 2 is 1.58 bits per heavy atom. The first kappa shape index (κ1) is 26.7. The van der Waals surface area contributed by atoms with Gasteiger partial charge < -0.3 is 20.5 Å². The number of carboxylic acid groups (broad SMARTS) is 1. The van der Waals surface area contributed by atoms with E-state index in [0.29, 0.717) is 19.4 Å².